The Morgan fingerprint density at radius 1 is 0.840 bits per heavy atom. The van der Waals surface area contributed by atoms with Crippen molar-refractivity contribution in [3.05, 3.63) is 55.9 Å². The van der Waals surface area contributed by atoms with Gasteiger partial charge in [-0.2, -0.15) is 0 Å². The van der Waals surface area contributed by atoms with Crippen molar-refractivity contribution >= 4 is 6.29 Å². The van der Waals surface area contributed by atoms with Gasteiger partial charge in [0, 0.05) is 12.8 Å². The van der Waals surface area contributed by atoms with Gasteiger partial charge in [-0.1, -0.05) is 38.3 Å². The highest BCUT2D eigenvalue weighted by Crippen LogP contribution is 2.11. The maximum atomic E-state index is 11.0. The van der Waals surface area contributed by atoms with Crippen molar-refractivity contribution < 1.29 is 14.6 Å². The third-order valence-electron chi connectivity index (χ3n) is 3.72. The molecule has 0 aliphatic carbocycles. The minimum Gasteiger partial charge on any atom is -0.303 e. The Bertz CT molecular complexity index is 510. The summed E-state index contributed by atoms with van der Waals surface area (Å²) in [6, 6.07) is 0. The molecule has 0 heterocycles. The minimum atomic E-state index is -0.408. The van der Waals surface area contributed by atoms with Gasteiger partial charge >= 0.3 is 0 Å². The smallest absolute Gasteiger partial charge is 0.246 e. The molecule has 0 aromatic rings. The average molecular weight is 352 g/mol. The summed E-state index contributed by atoms with van der Waals surface area (Å²) in [5, 5.41) is 21.7. The Labute approximate surface area is 148 Å². The molecule has 0 aliphatic heterocycles. The molecule has 0 saturated heterocycles. The zero-order valence-electron chi connectivity index (χ0n) is 14.9. The van der Waals surface area contributed by atoms with Crippen LogP contribution in [-0.2, 0) is 4.79 Å². The Kier molecular flexibility index (Phi) is 13.8. The summed E-state index contributed by atoms with van der Waals surface area (Å²) >= 11 is 0. The summed E-state index contributed by atoms with van der Waals surface area (Å²) < 4.78 is 0. The van der Waals surface area contributed by atoms with E-state index in [4.69, 9.17) is 0 Å². The molecule has 0 aromatic heterocycles. The molecular weight excluding hydrogens is 324 g/mol. The first-order valence-corrected chi connectivity index (χ1v) is 8.78. The minimum absolute atomic E-state index is 0.155. The van der Waals surface area contributed by atoms with Crippen LogP contribution in [0, 0.1) is 20.2 Å². The second kappa shape index (κ2) is 15.2. The van der Waals surface area contributed by atoms with Gasteiger partial charge in [0.15, 0.2) is 0 Å². The number of unbranched alkanes of at least 4 members (excludes halogenated alkanes) is 6. The monoisotopic (exact) mass is 352 g/mol. The van der Waals surface area contributed by atoms with Gasteiger partial charge in [-0.15, -0.1) is 0 Å². The predicted octanol–water partition coefficient (Wildman–Crippen LogP) is 4.98. The number of hydrogen-bond donors (Lipinski definition) is 0. The van der Waals surface area contributed by atoms with Crippen LogP contribution in [0.3, 0.4) is 0 Å². The molecule has 0 rings (SSSR count). The number of carbonyl (C=O) groups is 1. The van der Waals surface area contributed by atoms with Gasteiger partial charge in [-0.05, 0) is 37.8 Å². The van der Waals surface area contributed by atoms with Gasteiger partial charge in [-0.3, -0.25) is 20.2 Å². The van der Waals surface area contributed by atoms with E-state index in [0.29, 0.717) is 25.7 Å². The second-order valence-electron chi connectivity index (χ2n) is 5.68. The average Bonchev–Trinajstić information content (AvgIpc) is 2.57. The highest BCUT2D eigenvalue weighted by molar-refractivity contribution is 5.48. The molecule has 0 atom stereocenters. The molecule has 0 fully saturated rings. The molecule has 0 unspecified atom stereocenters. The molecule has 0 aromatic carbocycles. The van der Waals surface area contributed by atoms with E-state index < -0.39 is 4.92 Å². The van der Waals surface area contributed by atoms with Crippen LogP contribution >= 0.6 is 0 Å². The summed E-state index contributed by atoms with van der Waals surface area (Å²) in [6.45, 7) is 1.72. The Morgan fingerprint density at radius 2 is 1.44 bits per heavy atom. The van der Waals surface area contributed by atoms with Gasteiger partial charge < -0.3 is 4.79 Å². The van der Waals surface area contributed by atoms with Crippen LogP contribution in [0.15, 0.2) is 35.7 Å². The van der Waals surface area contributed by atoms with Crippen molar-refractivity contribution in [3.8, 4) is 0 Å². The number of allylic oxidation sites excluding steroid dienone is 5. The van der Waals surface area contributed by atoms with Gasteiger partial charge in [0.2, 0.25) is 11.4 Å². The Hall–Kier alpha value is -2.31. The number of carbonyl (C=O) groups excluding carboxylic acids is 1. The highest BCUT2D eigenvalue weighted by Gasteiger charge is 2.07. The number of nitrogens with zero attached hydrogens (tertiary/aromatic N) is 2. The quantitative estimate of drug-likeness (QED) is 0.136. The molecule has 0 aliphatic rings. The molecule has 7 nitrogen and oxygen atoms in total. The fraction of sp³-hybridized carbons (Fsp3) is 0.611. The van der Waals surface area contributed by atoms with Crippen LogP contribution in [0.1, 0.15) is 71.1 Å². The van der Waals surface area contributed by atoms with Gasteiger partial charge in [0.05, 0.1) is 16.3 Å². The lowest BCUT2D eigenvalue weighted by Crippen LogP contribution is -1.97. The Morgan fingerprint density at radius 3 is 2.00 bits per heavy atom. The second-order valence-corrected chi connectivity index (χ2v) is 5.68. The molecular formula is C18H28N2O5. The van der Waals surface area contributed by atoms with Crippen LogP contribution in [0.25, 0.3) is 0 Å². The van der Waals surface area contributed by atoms with Crippen molar-refractivity contribution in [1.29, 1.82) is 0 Å². The predicted molar refractivity (Wildman–Crippen MR) is 97.2 cm³/mol. The molecule has 7 heteroatoms. The first kappa shape index (κ1) is 22.7. The topological polar surface area (TPSA) is 103 Å². The molecule has 0 bridgehead atoms. The molecule has 0 saturated carbocycles. The van der Waals surface area contributed by atoms with E-state index >= 15 is 0 Å². The third-order valence-corrected chi connectivity index (χ3v) is 3.72. The van der Waals surface area contributed by atoms with E-state index in [9.17, 15) is 25.0 Å². The first-order valence-electron chi connectivity index (χ1n) is 8.78. The highest BCUT2D eigenvalue weighted by atomic mass is 16.6. The fourth-order valence-electron chi connectivity index (χ4n) is 2.26. The number of aldehydes is 1. The van der Waals surface area contributed by atoms with Gasteiger partial charge in [0.1, 0.15) is 6.29 Å². The van der Waals surface area contributed by atoms with Crippen molar-refractivity contribution in [2.45, 2.75) is 71.1 Å². The number of hydrogen-bond acceptors (Lipinski definition) is 5. The van der Waals surface area contributed by atoms with Crippen LogP contribution in [0.5, 0.6) is 0 Å². The molecule has 25 heavy (non-hydrogen) atoms. The lowest BCUT2D eigenvalue weighted by atomic mass is 10.1. The van der Waals surface area contributed by atoms with Crippen molar-refractivity contribution in [1.82, 2.24) is 0 Å². The van der Waals surface area contributed by atoms with Crippen molar-refractivity contribution in [2.75, 3.05) is 0 Å². The molecule has 0 spiro atoms. The lowest BCUT2D eigenvalue weighted by molar-refractivity contribution is -0.427. The summed E-state index contributed by atoms with van der Waals surface area (Å²) in [4.78, 5) is 31.0. The van der Waals surface area contributed by atoms with Gasteiger partial charge in [0.25, 0.3) is 0 Å². The summed E-state index contributed by atoms with van der Waals surface area (Å²) in [5.41, 5.74) is 0.314. The summed E-state index contributed by atoms with van der Waals surface area (Å²) in [7, 11) is 0. The fourth-order valence-corrected chi connectivity index (χ4v) is 2.26. The van der Waals surface area contributed by atoms with E-state index in [1.165, 1.54) is 6.08 Å². The van der Waals surface area contributed by atoms with E-state index in [0.717, 1.165) is 38.4 Å². The van der Waals surface area contributed by atoms with Crippen molar-refractivity contribution in [2.24, 2.45) is 0 Å². The van der Waals surface area contributed by atoms with E-state index in [2.05, 4.69) is 0 Å². The van der Waals surface area contributed by atoms with E-state index in [1.807, 2.05) is 0 Å². The zero-order valence-corrected chi connectivity index (χ0v) is 14.9. The van der Waals surface area contributed by atoms with Crippen molar-refractivity contribution in [3.63, 3.8) is 0 Å². The normalized spacial score (nSPS) is 12.5. The zero-order chi connectivity index (χ0) is 18.9. The summed E-state index contributed by atoms with van der Waals surface area (Å²) in [6.07, 6.45) is 14.6. The Balaban J connectivity index is 4.16. The maximum absolute atomic E-state index is 11.0. The van der Waals surface area contributed by atoms with E-state index in [1.54, 1.807) is 25.2 Å². The maximum Gasteiger partial charge on any atom is 0.246 e. The molecule has 0 radical (unpaired) electrons. The van der Waals surface area contributed by atoms with Crippen LogP contribution in [0.4, 0.5) is 0 Å². The third kappa shape index (κ3) is 12.7. The lowest BCUT2D eigenvalue weighted by Gasteiger charge is -1.98. The number of nitro groups is 2. The van der Waals surface area contributed by atoms with Crippen LogP contribution in [-0.4, -0.2) is 16.1 Å². The number of rotatable bonds is 15. The summed E-state index contributed by atoms with van der Waals surface area (Å²) in [5.74, 6) is 0. The largest absolute Gasteiger partial charge is 0.303 e. The van der Waals surface area contributed by atoms with Crippen LogP contribution in [0.2, 0.25) is 0 Å². The molecule has 140 valence electrons. The van der Waals surface area contributed by atoms with Crippen LogP contribution < -0.4 is 0 Å². The standard InChI is InChI=1S/C18H28N2O5/c1-2-17(19(22)23)13-10-8-11-15-18(20(24)25)14-9-6-4-3-5-7-12-16-21/h8,11,13-14,16H,2-7,9-10,12,15H2,1H3/b11-8-,17-13+,18-14+. The first-order chi connectivity index (χ1) is 12.0. The molecule has 0 N–H and O–H groups in total. The van der Waals surface area contributed by atoms with Gasteiger partial charge in [-0.25, -0.2) is 0 Å². The molecule has 0 amide bonds. The van der Waals surface area contributed by atoms with E-state index in [-0.39, 0.29) is 22.7 Å². The SMILES string of the molecule is CC/C(=C\C/C=C\C/C(=C\CCCCCCCC=O)[N+](=O)[O-])[N+](=O)[O-].